The minimum Gasteiger partial charge on any atom is -0.383 e. The standard InChI is InChI=1S/C42H45N11O4/c1-23-30-8-7-26(18-28(30)21-52(23)32-9-10-33(54)48-42(32)56)24-11-15-51(16-12-24)17-14-45-41(55)27-19-29(20-27)53-40-35(39(43)46-22-47-40)36(49-53)37-34(31-4-2-3-13-44-31)38(57-50-37)25-5-6-25/h2-4,7-8,13,18,22,24-25,27,29,32H,1,5-6,9-12,14-17,19-21H2,(H,45,55)(H2,43,46,47)(H,48,54,56). The first kappa shape index (κ1) is 35.5. The maximum atomic E-state index is 13.3. The number of fused-ring (bicyclic) bond motifs is 2. The average Bonchev–Trinajstić information content (AvgIpc) is 3.71. The maximum Gasteiger partial charge on any atom is 0.249 e. The Bertz CT molecular complexity index is 2410. The zero-order valence-electron chi connectivity index (χ0n) is 31.7. The Balaban J connectivity index is 0.734. The third-order valence-electron chi connectivity index (χ3n) is 12.7. The monoisotopic (exact) mass is 767 g/mol. The van der Waals surface area contributed by atoms with Crippen LogP contribution in [0.15, 0.2) is 60.0 Å². The highest BCUT2D eigenvalue weighted by Gasteiger charge is 2.40. The Morgan fingerprint density at radius 1 is 1.00 bits per heavy atom. The molecule has 1 aromatic carbocycles. The zero-order valence-corrected chi connectivity index (χ0v) is 31.7. The van der Waals surface area contributed by atoms with Gasteiger partial charge in [-0.3, -0.25) is 24.7 Å². The fourth-order valence-corrected chi connectivity index (χ4v) is 9.23. The van der Waals surface area contributed by atoms with E-state index in [2.05, 4.69) is 60.4 Å². The molecule has 2 aliphatic carbocycles. The summed E-state index contributed by atoms with van der Waals surface area (Å²) >= 11 is 0. The van der Waals surface area contributed by atoms with Crippen LogP contribution in [-0.2, 0) is 20.9 Å². The number of amides is 3. The van der Waals surface area contributed by atoms with E-state index in [1.807, 2.05) is 27.8 Å². The molecule has 0 spiro atoms. The number of rotatable bonds is 10. The fourth-order valence-electron chi connectivity index (χ4n) is 9.23. The van der Waals surface area contributed by atoms with Crippen LogP contribution in [0.5, 0.6) is 0 Å². The van der Waals surface area contributed by atoms with Crippen molar-refractivity contribution in [2.45, 2.75) is 81.8 Å². The van der Waals surface area contributed by atoms with Gasteiger partial charge in [-0.1, -0.05) is 36.0 Å². The smallest absolute Gasteiger partial charge is 0.249 e. The number of carbonyl (C=O) groups excluding carboxylic acids is 3. The molecule has 0 radical (unpaired) electrons. The maximum absolute atomic E-state index is 13.3. The van der Waals surface area contributed by atoms with Crippen LogP contribution >= 0.6 is 0 Å². The molecule has 2 saturated carbocycles. The van der Waals surface area contributed by atoms with E-state index in [1.165, 1.54) is 17.5 Å². The number of hydrogen-bond acceptors (Lipinski definition) is 12. The summed E-state index contributed by atoms with van der Waals surface area (Å²) in [5.74, 6) is 1.42. The molecule has 4 aromatic heterocycles. The fraction of sp³-hybridized carbons (Fsp3) is 0.429. The van der Waals surface area contributed by atoms with E-state index < -0.39 is 0 Å². The molecule has 4 fully saturated rings. The van der Waals surface area contributed by atoms with E-state index in [1.54, 1.807) is 6.20 Å². The summed E-state index contributed by atoms with van der Waals surface area (Å²) in [6.07, 6.45) is 9.55. The number of imide groups is 1. The molecule has 2 saturated heterocycles. The first-order valence-corrected chi connectivity index (χ1v) is 20.1. The number of nitrogens with zero attached hydrogens (tertiary/aromatic N) is 8. The minimum atomic E-state index is -0.362. The van der Waals surface area contributed by atoms with Gasteiger partial charge in [0.05, 0.1) is 22.7 Å². The third kappa shape index (κ3) is 6.43. The number of pyridine rings is 1. The van der Waals surface area contributed by atoms with Crippen molar-refractivity contribution >= 4 is 40.3 Å². The average molecular weight is 768 g/mol. The first-order chi connectivity index (χ1) is 27.8. The molecule has 7 heterocycles. The van der Waals surface area contributed by atoms with Crippen molar-refractivity contribution in [1.82, 2.24) is 50.3 Å². The summed E-state index contributed by atoms with van der Waals surface area (Å²) in [5, 5.41) is 15.8. The molecule has 10 rings (SSSR count). The molecule has 5 aliphatic rings. The minimum absolute atomic E-state index is 0.0174. The largest absolute Gasteiger partial charge is 0.383 e. The Morgan fingerprint density at radius 2 is 1.84 bits per heavy atom. The lowest BCUT2D eigenvalue weighted by Gasteiger charge is -2.35. The topological polar surface area (TPSA) is 190 Å². The number of benzene rings is 1. The molecular weight excluding hydrogens is 723 g/mol. The Kier molecular flexibility index (Phi) is 8.84. The number of hydrogen-bond donors (Lipinski definition) is 3. The molecule has 57 heavy (non-hydrogen) atoms. The molecule has 1 atom stereocenters. The highest BCUT2D eigenvalue weighted by atomic mass is 16.5. The molecule has 1 unspecified atom stereocenters. The highest BCUT2D eigenvalue weighted by molar-refractivity contribution is 6.01. The summed E-state index contributed by atoms with van der Waals surface area (Å²) < 4.78 is 7.81. The van der Waals surface area contributed by atoms with Crippen molar-refractivity contribution in [1.29, 1.82) is 0 Å². The predicted molar refractivity (Wildman–Crippen MR) is 211 cm³/mol. The number of nitrogens with two attached hydrogens (primary N) is 1. The van der Waals surface area contributed by atoms with E-state index in [0.717, 1.165) is 73.6 Å². The lowest BCUT2D eigenvalue weighted by atomic mass is 9.79. The van der Waals surface area contributed by atoms with Crippen LogP contribution in [0.4, 0.5) is 5.82 Å². The molecule has 3 amide bonds. The van der Waals surface area contributed by atoms with E-state index in [0.29, 0.717) is 78.8 Å². The summed E-state index contributed by atoms with van der Waals surface area (Å²) in [6.45, 7) is 8.26. The van der Waals surface area contributed by atoms with Crippen molar-refractivity contribution in [3.63, 3.8) is 0 Å². The number of nitrogens with one attached hydrogen (secondary N) is 2. The van der Waals surface area contributed by atoms with Crippen LogP contribution in [0.3, 0.4) is 0 Å². The van der Waals surface area contributed by atoms with Gasteiger partial charge in [-0.15, -0.1) is 0 Å². The van der Waals surface area contributed by atoms with Gasteiger partial charge in [-0.05, 0) is 87.2 Å². The van der Waals surface area contributed by atoms with Gasteiger partial charge in [0, 0.05) is 55.3 Å². The Labute approximate surface area is 329 Å². The number of aromatic nitrogens is 6. The summed E-state index contributed by atoms with van der Waals surface area (Å²) in [5.41, 5.74) is 14.3. The van der Waals surface area contributed by atoms with E-state index in [9.17, 15) is 14.4 Å². The second-order valence-electron chi connectivity index (χ2n) is 16.2. The quantitative estimate of drug-likeness (QED) is 0.169. The predicted octanol–water partition coefficient (Wildman–Crippen LogP) is 4.54. The van der Waals surface area contributed by atoms with Crippen LogP contribution < -0.4 is 16.4 Å². The molecule has 292 valence electrons. The molecule has 15 heteroatoms. The molecule has 4 N–H and O–H groups in total. The van der Waals surface area contributed by atoms with Crippen molar-refractivity contribution in [2.75, 3.05) is 31.9 Å². The van der Waals surface area contributed by atoms with Gasteiger partial charge in [-0.25, -0.2) is 14.6 Å². The highest BCUT2D eigenvalue weighted by Crippen LogP contribution is 2.49. The third-order valence-corrected chi connectivity index (χ3v) is 12.7. The van der Waals surface area contributed by atoms with Gasteiger partial charge >= 0.3 is 0 Å². The first-order valence-electron chi connectivity index (χ1n) is 20.1. The number of piperidine rings is 2. The van der Waals surface area contributed by atoms with Gasteiger partial charge < -0.3 is 25.4 Å². The zero-order chi connectivity index (χ0) is 38.8. The van der Waals surface area contributed by atoms with Gasteiger partial charge in [0.15, 0.2) is 5.65 Å². The van der Waals surface area contributed by atoms with Gasteiger partial charge in [0.2, 0.25) is 17.7 Å². The van der Waals surface area contributed by atoms with Crippen molar-refractivity contribution in [3.05, 3.63) is 78.0 Å². The molecule has 15 nitrogen and oxygen atoms in total. The molecule has 0 bridgehead atoms. The molecular formula is C42H45N11O4. The second-order valence-corrected chi connectivity index (χ2v) is 16.2. The van der Waals surface area contributed by atoms with E-state index in [4.69, 9.17) is 15.4 Å². The number of nitrogen functional groups attached to an aromatic ring is 1. The summed E-state index contributed by atoms with van der Waals surface area (Å²) in [4.78, 5) is 55.5. The van der Waals surface area contributed by atoms with Crippen LogP contribution in [0.25, 0.3) is 39.4 Å². The normalized spacial score (nSPS) is 22.8. The Hall–Kier alpha value is -5.96. The van der Waals surface area contributed by atoms with Crippen LogP contribution in [0.2, 0.25) is 0 Å². The SMILES string of the molecule is C=C1c2ccc(C3CCN(CCNC(=O)C4CC(n5nc(-c6noc(C7CC7)c6-c6ccccn6)c6c(N)ncnc65)C4)CC3)cc2CN1C1CCC(=O)NC1=O. The van der Waals surface area contributed by atoms with Crippen molar-refractivity contribution in [2.24, 2.45) is 5.92 Å². The lowest BCUT2D eigenvalue weighted by Crippen LogP contribution is -2.50. The van der Waals surface area contributed by atoms with Crippen molar-refractivity contribution in [3.8, 4) is 22.6 Å². The van der Waals surface area contributed by atoms with Crippen LogP contribution in [0, 0.1) is 5.92 Å². The van der Waals surface area contributed by atoms with Crippen LogP contribution in [0.1, 0.15) is 91.7 Å². The molecule has 5 aromatic rings. The van der Waals surface area contributed by atoms with Crippen LogP contribution in [-0.4, -0.2) is 89.6 Å². The Morgan fingerprint density at radius 3 is 2.61 bits per heavy atom. The number of carbonyl (C=O) groups is 3. The van der Waals surface area contributed by atoms with Gasteiger partial charge in [-0.2, -0.15) is 5.10 Å². The molecule has 3 aliphatic heterocycles. The summed E-state index contributed by atoms with van der Waals surface area (Å²) in [7, 11) is 0. The van der Waals surface area contributed by atoms with E-state index in [-0.39, 0.29) is 35.7 Å². The summed E-state index contributed by atoms with van der Waals surface area (Å²) in [6, 6.07) is 12.0. The lowest BCUT2D eigenvalue weighted by molar-refractivity contribution is -0.136. The van der Waals surface area contributed by atoms with Crippen molar-refractivity contribution < 1.29 is 18.9 Å². The van der Waals surface area contributed by atoms with E-state index >= 15 is 0 Å². The number of anilines is 1. The van der Waals surface area contributed by atoms with Gasteiger partial charge in [0.1, 0.15) is 35.3 Å². The van der Waals surface area contributed by atoms with Gasteiger partial charge in [0.25, 0.3) is 0 Å². The number of likely N-dealkylation sites (tertiary alicyclic amines) is 1. The second kappa shape index (κ2) is 14.2.